The molecule has 1 aliphatic rings. The molecule has 0 radical (unpaired) electrons. The van der Waals surface area contributed by atoms with Crippen LogP contribution in [0.5, 0.6) is 5.75 Å². The molecule has 106 valence electrons. The van der Waals surface area contributed by atoms with Crippen molar-refractivity contribution in [3.05, 3.63) is 29.8 Å². The average Bonchev–Trinajstić information content (AvgIpc) is 2.89. The molecule has 0 saturated carbocycles. The van der Waals surface area contributed by atoms with Crippen LogP contribution in [0.1, 0.15) is 18.0 Å². The van der Waals surface area contributed by atoms with Gasteiger partial charge in [-0.3, -0.25) is 4.90 Å². The number of methoxy groups -OCH3 is 2. The molecule has 1 aromatic rings. The largest absolute Gasteiger partial charge is 0.496 e. The zero-order valence-electron chi connectivity index (χ0n) is 11.8. The minimum absolute atomic E-state index is 0.234. The lowest BCUT2D eigenvalue weighted by atomic mass is 10.0. The van der Waals surface area contributed by atoms with Crippen LogP contribution in [0.2, 0.25) is 0 Å². The second-order valence-corrected chi connectivity index (χ2v) is 5.10. The zero-order valence-corrected chi connectivity index (χ0v) is 11.8. The van der Waals surface area contributed by atoms with E-state index in [4.69, 9.17) is 15.2 Å². The van der Waals surface area contributed by atoms with Gasteiger partial charge >= 0.3 is 0 Å². The molecule has 2 atom stereocenters. The number of ether oxygens (including phenoxy) is 2. The molecule has 0 spiro atoms. The third-order valence-corrected chi connectivity index (χ3v) is 3.88. The maximum atomic E-state index is 6.00. The Morgan fingerprint density at radius 2 is 2.16 bits per heavy atom. The van der Waals surface area contributed by atoms with Crippen molar-refractivity contribution in [3.63, 3.8) is 0 Å². The number of nitrogens with two attached hydrogens (primary N) is 1. The van der Waals surface area contributed by atoms with E-state index >= 15 is 0 Å². The minimum Gasteiger partial charge on any atom is -0.496 e. The summed E-state index contributed by atoms with van der Waals surface area (Å²) in [6, 6.07) is 8.38. The Balaban J connectivity index is 2.12. The van der Waals surface area contributed by atoms with E-state index in [9.17, 15) is 0 Å². The molecule has 1 fully saturated rings. The second kappa shape index (κ2) is 6.89. The lowest BCUT2D eigenvalue weighted by Crippen LogP contribution is -2.32. The quantitative estimate of drug-likeness (QED) is 0.849. The van der Waals surface area contributed by atoms with Crippen molar-refractivity contribution in [1.82, 2.24) is 4.90 Å². The SMILES string of the molecule is COCC1CCN(C(CN)c2ccccc2OC)C1. The molecular weight excluding hydrogens is 240 g/mol. The van der Waals surface area contributed by atoms with Gasteiger partial charge in [-0.05, 0) is 24.9 Å². The van der Waals surface area contributed by atoms with Gasteiger partial charge in [0.1, 0.15) is 5.75 Å². The molecular formula is C15H24N2O2. The molecule has 1 heterocycles. The van der Waals surface area contributed by atoms with Gasteiger partial charge in [0.25, 0.3) is 0 Å². The van der Waals surface area contributed by atoms with Gasteiger partial charge in [0.15, 0.2) is 0 Å². The minimum atomic E-state index is 0.234. The zero-order chi connectivity index (χ0) is 13.7. The molecule has 0 aliphatic carbocycles. The summed E-state index contributed by atoms with van der Waals surface area (Å²) in [4.78, 5) is 2.45. The van der Waals surface area contributed by atoms with Crippen LogP contribution in [0.3, 0.4) is 0 Å². The van der Waals surface area contributed by atoms with Crippen LogP contribution in [0, 0.1) is 5.92 Å². The topological polar surface area (TPSA) is 47.7 Å². The Morgan fingerprint density at radius 1 is 1.37 bits per heavy atom. The van der Waals surface area contributed by atoms with Gasteiger partial charge < -0.3 is 15.2 Å². The Labute approximate surface area is 115 Å². The molecule has 0 aromatic heterocycles. The van der Waals surface area contributed by atoms with E-state index in [0.29, 0.717) is 12.5 Å². The Hall–Kier alpha value is -1.10. The number of para-hydroxylation sites is 1. The summed E-state index contributed by atoms with van der Waals surface area (Å²) in [5.41, 5.74) is 7.18. The van der Waals surface area contributed by atoms with Crippen LogP contribution in [-0.4, -0.2) is 45.4 Å². The third kappa shape index (κ3) is 3.26. The number of hydrogen-bond donors (Lipinski definition) is 1. The average molecular weight is 264 g/mol. The highest BCUT2D eigenvalue weighted by molar-refractivity contribution is 5.36. The van der Waals surface area contributed by atoms with Crippen molar-refractivity contribution < 1.29 is 9.47 Å². The molecule has 0 amide bonds. The van der Waals surface area contributed by atoms with Crippen molar-refractivity contribution in [3.8, 4) is 5.75 Å². The van der Waals surface area contributed by atoms with Crippen LogP contribution in [0.15, 0.2) is 24.3 Å². The van der Waals surface area contributed by atoms with E-state index < -0.39 is 0 Å². The van der Waals surface area contributed by atoms with E-state index in [-0.39, 0.29) is 6.04 Å². The first-order valence-electron chi connectivity index (χ1n) is 6.86. The van der Waals surface area contributed by atoms with E-state index in [0.717, 1.165) is 25.4 Å². The predicted molar refractivity (Wildman–Crippen MR) is 76.3 cm³/mol. The molecule has 1 aromatic carbocycles. The van der Waals surface area contributed by atoms with Gasteiger partial charge in [-0.15, -0.1) is 0 Å². The first kappa shape index (κ1) is 14.3. The number of rotatable bonds is 6. The first-order chi connectivity index (χ1) is 9.30. The summed E-state index contributed by atoms with van der Waals surface area (Å²) in [5, 5.41) is 0. The molecule has 4 nitrogen and oxygen atoms in total. The number of likely N-dealkylation sites (tertiary alicyclic amines) is 1. The highest BCUT2D eigenvalue weighted by Gasteiger charge is 2.29. The van der Waals surface area contributed by atoms with Crippen molar-refractivity contribution >= 4 is 0 Å². The third-order valence-electron chi connectivity index (χ3n) is 3.88. The fourth-order valence-electron chi connectivity index (χ4n) is 2.93. The van der Waals surface area contributed by atoms with Crippen LogP contribution in [0.4, 0.5) is 0 Å². The number of benzene rings is 1. The highest BCUT2D eigenvalue weighted by Crippen LogP contribution is 2.32. The molecule has 1 saturated heterocycles. The van der Waals surface area contributed by atoms with E-state index in [1.165, 1.54) is 12.0 Å². The summed E-state index contributed by atoms with van der Waals surface area (Å²) in [6.07, 6.45) is 1.18. The van der Waals surface area contributed by atoms with Gasteiger partial charge in [-0.25, -0.2) is 0 Å². The summed E-state index contributed by atoms with van der Waals surface area (Å²) in [5.74, 6) is 1.54. The standard InChI is InChI=1S/C15H24N2O2/c1-18-11-12-7-8-17(10-12)14(9-16)13-5-3-4-6-15(13)19-2/h3-6,12,14H,7-11,16H2,1-2H3. The summed E-state index contributed by atoms with van der Waals surface area (Å²) >= 11 is 0. The van der Waals surface area contributed by atoms with Crippen LogP contribution >= 0.6 is 0 Å². The Morgan fingerprint density at radius 3 is 2.84 bits per heavy atom. The monoisotopic (exact) mass is 264 g/mol. The molecule has 1 aliphatic heterocycles. The van der Waals surface area contributed by atoms with Gasteiger partial charge in [-0.2, -0.15) is 0 Å². The Kier molecular flexibility index (Phi) is 5.19. The van der Waals surface area contributed by atoms with Gasteiger partial charge in [0.05, 0.1) is 19.8 Å². The summed E-state index contributed by atoms with van der Waals surface area (Å²) in [6.45, 7) is 3.57. The van der Waals surface area contributed by atoms with Crippen molar-refractivity contribution in [2.24, 2.45) is 11.7 Å². The number of nitrogens with zero attached hydrogens (tertiary/aromatic N) is 1. The van der Waals surface area contributed by atoms with E-state index in [1.54, 1.807) is 14.2 Å². The van der Waals surface area contributed by atoms with Crippen molar-refractivity contribution in [2.75, 3.05) is 40.5 Å². The van der Waals surface area contributed by atoms with Crippen molar-refractivity contribution in [1.29, 1.82) is 0 Å². The highest BCUT2D eigenvalue weighted by atomic mass is 16.5. The molecule has 19 heavy (non-hydrogen) atoms. The molecule has 2 rings (SSSR count). The fourth-order valence-corrected chi connectivity index (χ4v) is 2.93. The first-order valence-corrected chi connectivity index (χ1v) is 6.86. The van der Waals surface area contributed by atoms with Crippen LogP contribution in [-0.2, 0) is 4.74 Å². The maximum Gasteiger partial charge on any atom is 0.123 e. The van der Waals surface area contributed by atoms with Crippen LogP contribution in [0.25, 0.3) is 0 Å². The smallest absolute Gasteiger partial charge is 0.123 e. The van der Waals surface area contributed by atoms with E-state index in [2.05, 4.69) is 11.0 Å². The fraction of sp³-hybridized carbons (Fsp3) is 0.600. The van der Waals surface area contributed by atoms with Gasteiger partial charge in [0, 0.05) is 25.8 Å². The molecule has 0 bridgehead atoms. The predicted octanol–water partition coefficient (Wildman–Crippen LogP) is 1.66. The molecule has 4 heteroatoms. The number of hydrogen-bond acceptors (Lipinski definition) is 4. The normalized spacial score (nSPS) is 21.5. The summed E-state index contributed by atoms with van der Waals surface area (Å²) in [7, 11) is 3.48. The molecule has 2 unspecified atom stereocenters. The second-order valence-electron chi connectivity index (χ2n) is 5.10. The van der Waals surface area contributed by atoms with Gasteiger partial charge in [0.2, 0.25) is 0 Å². The maximum absolute atomic E-state index is 6.00. The van der Waals surface area contributed by atoms with Crippen molar-refractivity contribution in [2.45, 2.75) is 12.5 Å². The lowest BCUT2D eigenvalue weighted by Gasteiger charge is -2.28. The van der Waals surface area contributed by atoms with E-state index in [1.807, 2.05) is 18.2 Å². The summed E-state index contributed by atoms with van der Waals surface area (Å²) < 4.78 is 10.7. The van der Waals surface area contributed by atoms with Crippen LogP contribution < -0.4 is 10.5 Å². The lowest BCUT2D eigenvalue weighted by molar-refractivity contribution is 0.147. The molecule has 2 N–H and O–H groups in total. The van der Waals surface area contributed by atoms with Gasteiger partial charge in [-0.1, -0.05) is 18.2 Å². The Bertz CT molecular complexity index is 397.